The number of fused-ring (bicyclic) bond motifs is 4. The van der Waals surface area contributed by atoms with Gasteiger partial charge in [-0.25, -0.2) is 9.37 Å². The van der Waals surface area contributed by atoms with Crippen LogP contribution in [0.25, 0.3) is 0 Å². The summed E-state index contributed by atoms with van der Waals surface area (Å²) >= 11 is 12.8. The molecule has 2 spiro atoms. The number of nitrogens with zero attached hydrogens (tertiary/aromatic N) is 3. The topological polar surface area (TPSA) is 201 Å². The first-order valence-corrected chi connectivity index (χ1v) is 23.9. The molecule has 69 heavy (non-hydrogen) atoms. The van der Waals surface area contributed by atoms with Crippen molar-refractivity contribution in [1.29, 1.82) is 0 Å². The van der Waals surface area contributed by atoms with Crippen LogP contribution in [0.15, 0.2) is 91.4 Å². The molecule has 6 amide bonds. The average Bonchev–Trinajstić information content (AvgIpc) is 4.06. The highest BCUT2D eigenvalue weighted by Crippen LogP contribution is 2.63. The molecule has 10 rings (SSSR count). The SMILES string of the molecule is O=C1CCC(N2C(=O)c3cccc(NCc4cn(CCCCC(=O)c5ccc(NC(=O)[C@@H]6NC7(CCCCC7)[C@@]7(C(=O)Nc8cc(Cl)ccc87)[C@H]6c6cccc(Cl)c6F)cc5)cn4)c3C2=O)C(=O)N1. The first kappa shape index (κ1) is 46.0. The lowest BCUT2D eigenvalue weighted by Crippen LogP contribution is -2.60. The van der Waals surface area contributed by atoms with Crippen molar-refractivity contribution in [2.75, 3.05) is 16.0 Å². The van der Waals surface area contributed by atoms with E-state index in [1.807, 2.05) is 16.8 Å². The van der Waals surface area contributed by atoms with Gasteiger partial charge in [-0.1, -0.05) is 66.7 Å². The van der Waals surface area contributed by atoms with E-state index in [1.165, 1.54) is 12.1 Å². The number of aromatic nitrogens is 2. The summed E-state index contributed by atoms with van der Waals surface area (Å²) in [5.74, 6) is -4.82. The second-order valence-corrected chi connectivity index (χ2v) is 19.3. The molecule has 5 heterocycles. The number of carbonyl (C=O) groups is 7. The number of imidazole rings is 1. The van der Waals surface area contributed by atoms with Gasteiger partial charge in [-0.2, -0.15) is 0 Å². The van der Waals surface area contributed by atoms with E-state index in [-0.39, 0.29) is 59.2 Å². The number of benzene rings is 4. The molecule has 5 aromatic rings. The molecule has 4 atom stereocenters. The predicted molar refractivity (Wildman–Crippen MR) is 255 cm³/mol. The molecule has 354 valence electrons. The third-order valence-corrected chi connectivity index (χ3v) is 15.0. The maximum atomic E-state index is 16.3. The van der Waals surface area contributed by atoms with Gasteiger partial charge in [-0.3, -0.25) is 49.1 Å². The lowest BCUT2D eigenvalue weighted by molar-refractivity contribution is -0.136. The molecule has 2 saturated heterocycles. The van der Waals surface area contributed by atoms with Crippen molar-refractivity contribution in [1.82, 2.24) is 25.1 Å². The fraction of sp³-hybridized carbons (Fsp3) is 0.333. The molecule has 4 aromatic carbocycles. The minimum absolute atomic E-state index is 0.0312. The normalized spacial score (nSPS) is 22.4. The fourth-order valence-corrected chi connectivity index (χ4v) is 11.7. The highest BCUT2D eigenvalue weighted by atomic mass is 35.5. The Morgan fingerprint density at radius 1 is 0.884 bits per heavy atom. The van der Waals surface area contributed by atoms with Gasteiger partial charge in [0.2, 0.25) is 23.6 Å². The van der Waals surface area contributed by atoms with Gasteiger partial charge in [0.1, 0.15) is 17.3 Å². The Kier molecular flexibility index (Phi) is 12.2. The minimum Gasteiger partial charge on any atom is -0.379 e. The second-order valence-electron chi connectivity index (χ2n) is 18.4. The maximum absolute atomic E-state index is 16.3. The summed E-state index contributed by atoms with van der Waals surface area (Å²) in [7, 11) is 0. The molecule has 1 saturated carbocycles. The zero-order valence-corrected chi connectivity index (χ0v) is 38.7. The summed E-state index contributed by atoms with van der Waals surface area (Å²) in [6.07, 6.45) is 8.97. The molecular formula is C51H47Cl2FN8O7. The lowest BCUT2D eigenvalue weighted by atomic mass is 9.55. The highest BCUT2D eigenvalue weighted by molar-refractivity contribution is 6.31. The molecule has 0 bridgehead atoms. The molecule has 1 aromatic heterocycles. The average molecular weight is 974 g/mol. The van der Waals surface area contributed by atoms with Gasteiger partial charge in [0.15, 0.2) is 5.78 Å². The predicted octanol–water partition coefficient (Wildman–Crippen LogP) is 7.68. The van der Waals surface area contributed by atoms with Crippen molar-refractivity contribution in [3.8, 4) is 0 Å². The number of ketones is 1. The summed E-state index contributed by atoms with van der Waals surface area (Å²) in [5, 5.41) is 15.4. The van der Waals surface area contributed by atoms with Crippen LogP contribution in [0, 0.1) is 5.82 Å². The number of aryl methyl sites for hydroxylation is 1. The quantitative estimate of drug-likeness (QED) is 0.0443. The van der Waals surface area contributed by atoms with E-state index in [2.05, 4.69) is 31.6 Å². The molecule has 1 unspecified atom stereocenters. The third kappa shape index (κ3) is 7.97. The third-order valence-electron chi connectivity index (χ3n) is 14.5. The van der Waals surface area contributed by atoms with E-state index in [0.717, 1.165) is 24.2 Å². The van der Waals surface area contributed by atoms with E-state index in [0.29, 0.717) is 71.1 Å². The van der Waals surface area contributed by atoms with Crippen LogP contribution in [0.1, 0.15) is 118 Å². The van der Waals surface area contributed by atoms with Gasteiger partial charge < -0.3 is 20.5 Å². The molecule has 1 aliphatic carbocycles. The van der Waals surface area contributed by atoms with Crippen LogP contribution in [-0.4, -0.2) is 73.3 Å². The van der Waals surface area contributed by atoms with Crippen LogP contribution >= 0.6 is 23.2 Å². The molecule has 4 aliphatic heterocycles. The van der Waals surface area contributed by atoms with E-state index in [9.17, 15) is 33.6 Å². The molecule has 18 heteroatoms. The van der Waals surface area contributed by atoms with Gasteiger partial charge in [0, 0.05) is 64.7 Å². The van der Waals surface area contributed by atoms with E-state index in [1.54, 1.807) is 67.0 Å². The van der Waals surface area contributed by atoms with Crippen molar-refractivity contribution in [3.05, 3.63) is 141 Å². The van der Waals surface area contributed by atoms with Gasteiger partial charge in [-0.05, 0) is 97.8 Å². The lowest BCUT2D eigenvalue weighted by Gasteiger charge is -2.47. The van der Waals surface area contributed by atoms with Gasteiger partial charge in [-0.15, -0.1) is 0 Å². The van der Waals surface area contributed by atoms with Crippen LogP contribution in [0.2, 0.25) is 10.0 Å². The van der Waals surface area contributed by atoms with Crippen molar-refractivity contribution in [2.45, 2.75) is 106 Å². The fourth-order valence-electron chi connectivity index (χ4n) is 11.4. The number of Topliss-reactive ketones (excluding diaryl/α,β-unsaturated/α-hetero) is 1. The van der Waals surface area contributed by atoms with E-state index < -0.39 is 64.3 Å². The summed E-state index contributed by atoms with van der Waals surface area (Å²) in [4.78, 5) is 98.8. The Bertz CT molecular complexity index is 2970. The van der Waals surface area contributed by atoms with Crippen LogP contribution in [0.3, 0.4) is 0 Å². The van der Waals surface area contributed by atoms with Gasteiger partial charge in [0.25, 0.3) is 11.8 Å². The van der Waals surface area contributed by atoms with Crippen LogP contribution in [0.4, 0.5) is 21.5 Å². The number of unbranched alkanes of at least 4 members (excludes halogenated alkanes) is 1. The van der Waals surface area contributed by atoms with E-state index >= 15 is 4.39 Å². The Hall–Kier alpha value is -6.75. The number of amides is 6. The van der Waals surface area contributed by atoms with Crippen molar-refractivity contribution < 1.29 is 38.0 Å². The van der Waals surface area contributed by atoms with Gasteiger partial charge >= 0.3 is 0 Å². The summed E-state index contributed by atoms with van der Waals surface area (Å²) < 4.78 is 18.2. The number of hydrogen-bond acceptors (Lipinski definition) is 10. The molecule has 5 aliphatic rings. The number of halogens is 3. The Labute approximate surface area is 405 Å². The number of anilines is 3. The minimum atomic E-state index is -1.36. The van der Waals surface area contributed by atoms with E-state index in [4.69, 9.17) is 23.2 Å². The van der Waals surface area contributed by atoms with Crippen molar-refractivity contribution in [3.63, 3.8) is 0 Å². The van der Waals surface area contributed by atoms with Crippen LogP contribution < -0.4 is 26.6 Å². The Morgan fingerprint density at radius 3 is 2.45 bits per heavy atom. The number of carbonyl (C=O) groups excluding carboxylic acids is 7. The number of nitrogens with one attached hydrogen (secondary N) is 5. The summed E-state index contributed by atoms with van der Waals surface area (Å²) in [6, 6.07) is 19.3. The maximum Gasteiger partial charge on any atom is 0.264 e. The number of imide groups is 2. The Balaban J connectivity index is 0.762. The molecule has 0 radical (unpaired) electrons. The molecule has 3 fully saturated rings. The Morgan fingerprint density at radius 2 is 1.67 bits per heavy atom. The standard InChI is InChI=1S/C51H47Cl2FN8O7/c52-29-15-18-34-37(24-29)58-49(69)51(34)42(33-9-6-10-35(53)43(33)54)44(60-50(51)21-3-1-4-22-50)46(66)57-30-16-13-28(14-17-30)39(63)12-2-5-23-61-26-31(56-27-61)25-55-36-11-7-8-32-41(36)48(68)62(47(32)67)38-19-20-40(64)59-45(38)65/h6-11,13-18,24,26-27,38,42,44,55,60H,1-5,12,19-23,25H2,(H,57,66)(H,58,69)(H,59,64,65)/t38?,42-,44+,51+/m0/s1. The smallest absolute Gasteiger partial charge is 0.264 e. The molecular weight excluding hydrogens is 927 g/mol. The van der Waals surface area contributed by atoms with Crippen LogP contribution in [0.5, 0.6) is 0 Å². The molecule has 5 N–H and O–H groups in total. The van der Waals surface area contributed by atoms with Gasteiger partial charge in [0.05, 0.1) is 40.8 Å². The first-order chi connectivity index (χ1) is 33.3. The van der Waals surface area contributed by atoms with Crippen LogP contribution in [-0.2, 0) is 37.7 Å². The largest absolute Gasteiger partial charge is 0.379 e. The number of piperidine rings is 1. The zero-order chi connectivity index (χ0) is 48.2. The number of hydrogen-bond donors (Lipinski definition) is 5. The number of rotatable bonds is 13. The first-order valence-electron chi connectivity index (χ1n) is 23.2. The zero-order valence-electron chi connectivity index (χ0n) is 37.2. The van der Waals surface area contributed by atoms with Crippen molar-refractivity contribution in [2.24, 2.45) is 0 Å². The summed E-state index contributed by atoms with van der Waals surface area (Å²) in [6.45, 7) is 0.845. The summed E-state index contributed by atoms with van der Waals surface area (Å²) in [5.41, 5.74) is 1.46. The molecule has 15 nitrogen and oxygen atoms in total. The highest BCUT2D eigenvalue weighted by Gasteiger charge is 2.72. The second kappa shape index (κ2) is 18.3. The monoisotopic (exact) mass is 972 g/mol. The van der Waals surface area contributed by atoms with Crippen molar-refractivity contribution >= 4 is 81.5 Å².